The first-order valence-corrected chi connectivity index (χ1v) is 13.2. The number of hydrogen-bond donors (Lipinski definition) is 1. The average molecular weight is 539 g/mol. The third-order valence-electron chi connectivity index (χ3n) is 7.55. The molecule has 0 spiro atoms. The second-order valence-corrected chi connectivity index (χ2v) is 10.6. The number of carbonyl (C=O) groups is 1. The van der Waals surface area contributed by atoms with E-state index in [4.69, 9.17) is 16.0 Å². The Labute approximate surface area is 231 Å². The van der Waals surface area contributed by atoms with Crippen LogP contribution in [0.25, 0.3) is 11.0 Å². The summed E-state index contributed by atoms with van der Waals surface area (Å²) in [5.41, 5.74) is 3.94. The number of hydrogen-bond acceptors (Lipinski definition) is 4. The van der Waals surface area contributed by atoms with Gasteiger partial charge in [0.2, 0.25) is 5.91 Å². The van der Waals surface area contributed by atoms with Crippen molar-refractivity contribution in [3.63, 3.8) is 0 Å². The highest BCUT2D eigenvalue weighted by atomic mass is 35.5. The van der Waals surface area contributed by atoms with Gasteiger partial charge in [0.05, 0.1) is 12.5 Å². The van der Waals surface area contributed by atoms with E-state index in [0.717, 1.165) is 28.5 Å². The van der Waals surface area contributed by atoms with Crippen LogP contribution in [0, 0.1) is 5.21 Å². The number of amides is 1. The zero-order valence-corrected chi connectivity index (χ0v) is 22.1. The van der Waals surface area contributed by atoms with Crippen LogP contribution in [0.2, 0.25) is 5.02 Å². The van der Waals surface area contributed by atoms with Crippen LogP contribution in [0.3, 0.4) is 0 Å². The molecule has 2 aromatic heterocycles. The highest BCUT2D eigenvalue weighted by Crippen LogP contribution is 2.37. The molecule has 6 rings (SSSR count). The average Bonchev–Trinajstić information content (AvgIpc) is 3.37. The van der Waals surface area contributed by atoms with Gasteiger partial charge in [0.1, 0.15) is 16.9 Å². The summed E-state index contributed by atoms with van der Waals surface area (Å²) in [4.78, 5) is 15.7. The van der Waals surface area contributed by atoms with Gasteiger partial charge in [-0.05, 0) is 65.9 Å². The molecule has 3 aromatic carbocycles. The number of carbonyl (C=O) groups excluding carboxylic acids is 1. The van der Waals surface area contributed by atoms with Gasteiger partial charge in [-0.3, -0.25) is 4.79 Å². The standard InChI is InChI=1S/C32H27ClN2O4/c1-32(37,25-12-14-34(38)15-13-25)29-20-24-17-21(7-10-28(24)39-29)18-30(36)35-16-11-23-19-26(33)8-9-27(23)31(35)22-5-3-2-4-6-22/h2-10,12-15,17,19-20,31,37H,11,16,18H2,1H3. The van der Waals surface area contributed by atoms with Gasteiger partial charge in [-0.15, -0.1) is 0 Å². The lowest BCUT2D eigenvalue weighted by Crippen LogP contribution is -2.41. The van der Waals surface area contributed by atoms with E-state index in [1.165, 1.54) is 18.0 Å². The highest BCUT2D eigenvalue weighted by molar-refractivity contribution is 6.30. The monoisotopic (exact) mass is 538 g/mol. The summed E-state index contributed by atoms with van der Waals surface area (Å²) >= 11 is 6.28. The Morgan fingerprint density at radius 2 is 1.85 bits per heavy atom. The minimum atomic E-state index is -1.42. The van der Waals surface area contributed by atoms with Gasteiger partial charge in [0.25, 0.3) is 0 Å². The van der Waals surface area contributed by atoms with E-state index in [-0.39, 0.29) is 18.4 Å². The number of aromatic nitrogens is 1. The van der Waals surface area contributed by atoms with Gasteiger partial charge in [-0.1, -0.05) is 54.1 Å². The number of rotatable bonds is 5. The molecule has 1 N–H and O–H groups in total. The largest absolute Gasteiger partial charge is 0.619 e. The molecule has 2 unspecified atom stereocenters. The highest BCUT2D eigenvalue weighted by Gasteiger charge is 2.33. The van der Waals surface area contributed by atoms with E-state index in [9.17, 15) is 15.1 Å². The van der Waals surface area contributed by atoms with Crippen molar-refractivity contribution in [3.05, 3.63) is 141 Å². The maximum atomic E-state index is 13.7. The number of furan rings is 1. The van der Waals surface area contributed by atoms with Crippen molar-refractivity contribution in [2.45, 2.75) is 31.4 Å². The van der Waals surface area contributed by atoms with Crippen molar-refractivity contribution >= 4 is 28.5 Å². The fraction of sp³-hybridized carbons (Fsp3) is 0.188. The summed E-state index contributed by atoms with van der Waals surface area (Å²) < 4.78 is 6.64. The van der Waals surface area contributed by atoms with Crippen LogP contribution < -0.4 is 4.73 Å². The van der Waals surface area contributed by atoms with Gasteiger partial charge >= 0.3 is 0 Å². The van der Waals surface area contributed by atoms with Crippen LogP contribution in [-0.2, 0) is 23.2 Å². The summed E-state index contributed by atoms with van der Waals surface area (Å²) in [7, 11) is 0. The zero-order chi connectivity index (χ0) is 27.1. The molecule has 0 bridgehead atoms. The Morgan fingerprint density at radius 3 is 2.62 bits per heavy atom. The van der Waals surface area contributed by atoms with Crippen LogP contribution in [0.15, 0.2) is 102 Å². The summed E-state index contributed by atoms with van der Waals surface area (Å²) in [5, 5.41) is 24.1. The minimum absolute atomic E-state index is 0.0368. The first kappa shape index (κ1) is 25.2. The summed E-state index contributed by atoms with van der Waals surface area (Å²) in [6, 6.07) is 26.4. The fourth-order valence-corrected chi connectivity index (χ4v) is 5.65. The number of halogens is 1. The van der Waals surface area contributed by atoms with Crippen molar-refractivity contribution in [2.24, 2.45) is 0 Å². The molecule has 0 aliphatic carbocycles. The van der Waals surface area contributed by atoms with E-state index in [2.05, 4.69) is 12.1 Å². The number of fused-ring (bicyclic) bond motifs is 2. The van der Waals surface area contributed by atoms with Gasteiger partial charge in [-0.2, -0.15) is 4.73 Å². The van der Waals surface area contributed by atoms with E-state index in [0.29, 0.717) is 33.2 Å². The normalized spacial score (nSPS) is 16.6. The summed E-state index contributed by atoms with van der Waals surface area (Å²) in [5.74, 6) is 0.398. The topological polar surface area (TPSA) is 80.6 Å². The number of aliphatic hydroxyl groups is 1. The van der Waals surface area contributed by atoms with Crippen molar-refractivity contribution in [1.29, 1.82) is 0 Å². The molecule has 196 valence electrons. The molecule has 0 saturated heterocycles. The Morgan fingerprint density at radius 1 is 1.08 bits per heavy atom. The fourth-order valence-electron chi connectivity index (χ4n) is 5.46. The Bertz CT molecular complexity index is 1660. The number of benzene rings is 3. The molecular weight excluding hydrogens is 512 g/mol. The maximum Gasteiger partial charge on any atom is 0.227 e. The third-order valence-corrected chi connectivity index (χ3v) is 7.78. The molecule has 1 aliphatic rings. The smallest absolute Gasteiger partial charge is 0.227 e. The SMILES string of the molecule is CC(O)(c1cc[n+]([O-])cc1)c1cc2cc(CC(=O)N3CCc4cc(Cl)ccc4C3c3ccccc3)ccc2o1. The van der Waals surface area contributed by atoms with Crippen molar-refractivity contribution < 1.29 is 19.0 Å². The zero-order valence-electron chi connectivity index (χ0n) is 21.4. The molecule has 1 amide bonds. The molecule has 0 saturated carbocycles. The quantitative estimate of drug-likeness (QED) is 0.230. The van der Waals surface area contributed by atoms with Crippen LogP contribution >= 0.6 is 11.6 Å². The minimum Gasteiger partial charge on any atom is -0.619 e. The van der Waals surface area contributed by atoms with Crippen molar-refractivity contribution in [1.82, 2.24) is 4.90 Å². The summed E-state index contributed by atoms with van der Waals surface area (Å²) in [6.07, 6.45) is 3.66. The van der Waals surface area contributed by atoms with Crippen molar-refractivity contribution in [3.8, 4) is 0 Å². The second kappa shape index (κ2) is 9.88. The number of nitrogens with zero attached hydrogens (tertiary/aromatic N) is 2. The number of pyridine rings is 1. The molecule has 5 aromatic rings. The molecule has 2 atom stereocenters. The maximum absolute atomic E-state index is 13.7. The Hall–Kier alpha value is -4.13. The molecule has 0 fully saturated rings. The lowest BCUT2D eigenvalue weighted by atomic mass is 9.87. The van der Waals surface area contributed by atoms with E-state index >= 15 is 0 Å². The first-order chi connectivity index (χ1) is 18.8. The van der Waals surface area contributed by atoms with Gasteiger partial charge in [0.15, 0.2) is 12.4 Å². The van der Waals surface area contributed by atoms with Gasteiger partial charge in [0, 0.05) is 34.6 Å². The lowest BCUT2D eigenvalue weighted by Gasteiger charge is -2.38. The first-order valence-electron chi connectivity index (χ1n) is 12.9. The van der Waals surface area contributed by atoms with E-state index in [1.54, 1.807) is 25.1 Å². The van der Waals surface area contributed by atoms with Crippen LogP contribution in [0.1, 0.15) is 46.5 Å². The van der Waals surface area contributed by atoms with Crippen LogP contribution in [0.5, 0.6) is 0 Å². The predicted octanol–water partition coefficient (Wildman–Crippen LogP) is 5.69. The Balaban J connectivity index is 1.28. The molecule has 3 heterocycles. The van der Waals surface area contributed by atoms with E-state index < -0.39 is 5.60 Å². The van der Waals surface area contributed by atoms with Gasteiger partial charge < -0.3 is 19.6 Å². The predicted molar refractivity (Wildman–Crippen MR) is 149 cm³/mol. The molecular formula is C32H27ClN2O4. The second-order valence-electron chi connectivity index (χ2n) is 10.2. The summed E-state index contributed by atoms with van der Waals surface area (Å²) in [6.45, 7) is 2.23. The van der Waals surface area contributed by atoms with E-state index in [1.807, 2.05) is 59.5 Å². The lowest BCUT2D eigenvalue weighted by molar-refractivity contribution is -0.605. The molecule has 39 heavy (non-hydrogen) atoms. The molecule has 0 radical (unpaired) electrons. The third kappa shape index (κ3) is 4.78. The molecule has 6 nitrogen and oxygen atoms in total. The van der Waals surface area contributed by atoms with Gasteiger partial charge in [-0.25, -0.2) is 0 Å². The Kier molecular flexibility index (Phi) is 6.37. The van der Waals surface area contributed by atoms with Crippen LogP contribution in [-0.4, -0.2) is 22.5 Å². The van der Waals surface area contributed by atoms with Crippen molar-refractivity contribution in [2.75, 3.05) is 6.54 Å². The molecule has 1 aliphatic heterocycles. The van der Waals surface area contributed by atoms with Crippen LogP contribution in [0.4, 0.5) is 0 Å². The molecule has 7 heteroatoms.